The summed E-state index contributed by atoms with van der Waals surface area (Å²) in [6.45, 7) is 3.26. The first-order valence-corrected chi connectivity index (χ1v) is 10.6. The molecular weight excluding hydrogens is 388 g/mol. The molecule has 1 aliphatic rings. The first-order chi connectivity index (χ1) is 15.2. The van der Waals surface area contributed by atoms with Crippen molar-refractivity contribution < 1.29 is 9.53 Å². The predicted molar refractivity (Wildman–Crippen MR) is 120 cm³/mol. The van der Waals surface area contributed by atoms with Gasteiger partial charge < -0.3 is 9.64 Å². The third-order valence-corrected chi connectivity index (χ3v) is 5.73. The summed E-state index contributed by atoms with van der Waals surface area (Å²) in [5, 5.41) is 10.7. The molecule has 0 aliphatic carbocycles. The van der Waals surface area contributed by atoms with Crippen LogP contribution in [0.15, 0.2) is 73.1 Å². The van der Waals surface area contributed by atoms with Gasteiger partial charge in [-0.2, -0.15) is 15.0 Å². The number of ether oxygens (including phenoxy) is 1. The molecule has 0 spiro atoms. The van der Waals surface area contributed by atoms with Crippen molar-refractivity contribution in [2.45, 2.75) is 25.9 Å². The van der Waals surface area contributed by atoms with Gasteiger partial charge in [-0.15, -0.1) is 0 Å². The molecule has 6 nitrogen and oxygen atoms in total. The molecule has 1 atom stereocenters. The molecular formula is C25H24N4O2. The van der Waals surface area contributed by atoms with Gasteiger partial charge >= 0.3 is 0 Å². The van der Waals surface area contributed by atoms with E-state index in [2.05, 4.69) is 28.4 Å². The van der Waals surface area contributed by atoms with Gasteiger partial charge in [-0.3, -0.25) is 4.79 Å². The Morgan fingerprint density at radius 2 is 1.84 bits per heavy atom. The van der Waals surface area contributed by atoms with E-state index in [9.17, 15) is 4.79 Å². The molecule has 1 fully saturated rings. The van der Waals surface area contributed by atoms with Crippen molar-refractivity contribution in [2.75, 3.05) is 13.1 Å². The van der Waals surface area contributed by atoms with Crippen molar-refractivity contribution in [3.8, 4) is 11.4 Å². The van der Waals surface area contributed by atoms with Crippen LogP contribution in [0.1, 0.15) is 28.8 Å². The number of aromatic nitrogens is 3. The van der Waals surface area contributed by atoms with E-state index in [1.54, 1.807) is 12.4 Å². The van der Waals surface area contributed by atoms with E-state index in [-0.39, 0.29) is 12.0 Å². The number of carbonyl (C=O) groups excluding carboxylic acids is 1. The van der Waals surface area contributed by atoms with Crippen molar-refractivity contribution in [3.63, 3.8) is 0 Å². The number of carbonyl (C=O) groups is 1. The highest BCUT2D eigenvalue weighted by Crippen LogP contribution is 2.28. The quantitative estimate of drug-likeness (QED) is 0.498. The summed E-state index contributed by atoms with van der Waals surface area (Å²) < 4.78 is 6.39. The molecule has 1 saturated heterocycles. The van der Waals surface area contributed by atoms with E-state index < -0.39 is 0 Å². The topological polar surface area (TPSA) is 60.2 Å². The van der Waals surface area contributed by atoms with Gasteiger partial charge in [0, 0.05) is 11.9 Å². The zero-order chi connectivity index (χ0) is 21.2. The summed E-state index contributed by atoms with van der Waals surface area (Å²) in [5.41, 5.74) is 2.33. The Labute approximate surface area is 181 Å². The molecule has 0 radical (unpaired) electrons. The SMILES string of the molecule is Cc1ccc(-n2nccn2)c(C(=O)N2CCCC(Oc3cccc4ccccc34)C2)c1. The maximum Gasteiger partial charge on any atom is 0.256 e. The predicted octanol–water partition coefficient (Wildman–Crippen LogP) is 4.41. The summed E-state index contributed by atoms with van der Waals surface area (Å²) in [6.07, 6.45) is 5.02. The zero-order valence-electron chi connectivity index (χ0n) is 17.4. The van der Waals surface area contributed by atoms with Gasteiger partial charge in [0.15, 0.2) is 0 Å². The Morgan fingerprint density at radius 1 is 1.03 bits per heavy atom. The van der Waals surface area contributed by atoms with Gasteiger partial charge in [-0.25, -0.2) is 0 Å². The van der Waals surface area contributed by atoms with E-state index in [4.69, 9.17) is 4.74 Å². The van der Waals surface area contributed by atoms with Crippen LogP contribution < -0.4 is 4.74 Å². The van der Waals surface area contributed by atoms with Crippen molar-refractivity contribution in [1.82, 2.24) is 19.9 Å². The van der Waals surface area contributed by atoms with Crippen LogP contribution in [-0.2, 0) is 0 Å². The minimum atomic E-state index is -0.0420. The van der Waals surface area contributed by atoms with Crippen molar-refractivity contribution in [2.24, 2.45) is 0 Å². The summed E-state index contributed by atoms with van der Waals surface area (Å²) in [4.78, 5) is 16.9. The molecule has 1 aromatic heterocycles. The lowest BCUT2D eigenvalue weighted by Crippen LogP contribution is -2.44. The molecule has 0 saturated carbocycles. The lowest BCUT2D eigenvalue weighted by molar-refractivity contribution is 0.0541. The molecule has 5 rings (SSSR count). The van der Waals surface area contributed by atoms with E-state index >= 15 is 0 Å². The minimum absolute atomic E-state index is 0.0118. The van der Waals surface area contributed by atoms with Crippen LogP contribution in [0.2, 0.25) is 0 Å². The van der Waals surface area contributed by atoms with Crippen LogP contribution in [0.4, 0.5) is 0 Å². The molecule has 1 amide bonds. The summed E-state index contributed by atoms with van der Waals surface area (Å²) in [7, 11) is 0. The van der Waals surface area contributed by atoms with Crippen LogP contribution in [0.5, 0.6) is 5.75 Å². The Balaban J connectivity index is 1.39. The van der Waals surface area contributed by atoms with Gasteiger partial charge in [-0.05, 0) is 43.4 Å². The number of nitrogens with zero attached hydrogens (tertiary/aromatic N) is 4. The zero-order valence-corrected chi connectivity index (χ0v) is 17.4. The van der Waals surface area contributed by atoms with E-state index in [1.165, 1.54) is 4.80 Å². The number of rotatable bonds is 4. The first-order valence-electron chi connectivity index (χ1n) is 10.6. The standard InChI is InChI=1S/C25H24N4O2/c1-18-11-12-23(29-26-13-14-27-29)22(16-18)25(30)28-15-5-8-20(17-28)31-24-10-4-7-19-6-2-3-9-21(19)24/h2-4,6-7,9-14,16,20H,5,8,15,17H2,1H3. The first kappa shape index (κ1) is 19.3. The third-order valence-electron chi connectivity index (χ3n) is 5.73. The number of piperidine rings is 1. The number of aryl methyl sites for hydroxylation is 1. The van der Waals surface area contributed by atoms with E-state index in [1.807, 2.05) is 54.3 Å². The summed E-state index contributed by atoms with van der Waals surface area (Å²) in [5.74, 6) is 0.858. The highest BCUT2D eigenvalue weighted by Gasteiger charge is 2.28. The second kappa shape index (κ2) is 8.22. The molecule has 6 heteroatoms. The molecule has 0 bridgehead atoms. The number of benzene rings is 3. The summed E-state index contributed by atoms with van der Waals surface area (Å²) >= 11 is 0. The van der Waals surface area contributed by atoms with Gasteiger partial charge in [0.1, 0.15) is 11.9 Å². The Kier molecular flexibility index (Phi) is 5.12. The van der Waals surface area contributed by atoms with Gasteiger partial charge in [0.05, 0.1) is 30.2 Å². The average Bonchev–Trinajstić information content (AvgIpc) is 3.34. The van der Waals surface area contributed by atoms with Crippen LogP contribution in [0.3, 0.4) is 0 Å². The molecule has 0 N–H and O–H groups in total. The van der Waals surface area contributed by atoms with Crippen LogP contribution in [-0.4, -0.2) is 45.0 Å². The van der Waals surface area contributed by atoms with Crippen molar-refractivity contribution in [3.05, 3.63) is 84.2 Å². The second-order valence-corrected chi connectivity index (χ2v) is 7.95. The Bertz CT molecular complexity index is 1210. The third kappa shape index (κ3) is 3.89. The normalized spacial score (nSPS) is 16.4. The monoisotopic (exact) mass is 412 g/mol. The molecule has 1 aliphatic heterocycles. The molecule has 1 unspecified atom stereocenters. The lowest BCUT2D eigenvalue weighted by atomic mass is 10.0. The Morgan fingerprint density at radius 3 is 2.71 bits per heavy atom. The van der Waals surface area contributed by atoms with Crippen molar-refractivity contribution in [1.29, 1.82) is 0 Å². The number of hydrogen-bond acceptors (Lipinski definition) is 4. The maximum atomic E-state index is 13.5. The number of hydrogen-bond donors (Lipinski definition) is 0. The fourth-order valence-corrected chi connectivity index (χ4v) is 4.20. The van der Waals surface area contributed by atoms with Gasteiger partial charge in [0.25, 0.3) is 5.91 Å². The average molecular weight is 412 g/mol. The fraction of sp³-hybridized carbons (Fsp3) is 0.240. The number of fused-ring (bicyclic) bond motifs is 1. The smallest absolute Gasteiger partial charge is 0.256 e. The molecule has 3 aromatic carbocycles. The number of amides is 1. The molecule has 2 heterocycles. The van der Waals surface area contributed by atoms with Gasteiger partial charge in [0.2, 0.25) is 0 Å². The van der Waals surface area contributed by atoms with Crippen LogP contribution in [0, 0.1) is 6.92 Å². The lowest BCUT2D eigenvalue weighted by Gasteiger charge is -2.33. The van der Waals surface area contributed by atoms with E-state index in [0.29, 0.717) is 24.3 Å². The van der Waals surface area contributed by atoms with Crippen LogP contribution in [0.25, 0.3) is 16.5 Å². The number of likely N-dealkylation sites (tertiary alicyclic amines) is 1. The molecule has 156 valence electrons. The van der Waals surface area contributed by atoms with Crippen molar-refractivity contribution >= 4 is 16.7 Å². The summed E-state index contributed by atoms with van der Waals surface area (Å²) in [6, 6.07) is 20.1. The van der Waals surface area contributed by atoms with Gasteiger partial charge in [-0.1, -0.05) is 48.0 Å². The maximum absolute atomic E-state index is 13.5. The highest BCUT2D eigenvalue weighted by atomic mass is 16.5. The molecule has 4 aromatic rings. The minimum Gasteiger partial charge on any atom is -0.488 e. The Hall–Kier alpha value is -3.67. The second-order valence-electron chi connectivity index (χ2n) is 7.95. The molecule has 31 heavy (non-hydrogen) atoms. The fourth-order valence-electron chi connectivity index (χ4n) is 4.20. The van der Waals surface area contributed by atoms with E-state index in [0.717, 1.165) is 34.9 Å². The highest BCUT2D eigenvalue weighted by molar-refractivity contribution is 5.98. The largest absolute Gasteiger partial charge is 0.488 e. The van der Waals surface area contributed by atoms with Crippen LogP contribution >= 0.6 is 0 Å².